The van der Waals surface area contributed by atoms with E-state index in [1.165, 1.54) is 12.1 Å². The summed E-state index contributed by atoms with van der Waals surface area (Å²) >= 11 is 0. The van der Waals surface area contributed by atoms with Crippen LogP contribution in [0.5, 0.6) is 0 Å². The minimum Gasteiger partial charge on any atom is -0.368 e. The van der Waals surface area contributed by atoms with Gasteiger partial charge in [-0.2, -0.15) is 4.98 Å². The molecule has 0 saturated heterocycles. The standard InChI is InChI=1S/C10H10FN5/c11-7-3-1-6(2-4-7)8-5-9(16-13)15-10(12)14-8/h1-5H,13H2,(H3,12,14,15,16). The van der Waals surface area contributed by atoms with Crippen LogP contribution >= 0.6 is 0 Å². The number of rotatable bonds is 2. The van der Waals surface area contributed by atoms with Crippen molar-refractivity contribution in [3.8, 4) is 11.3 Å². The van der Waals surface area contributed by atoms with Gasteiger partial charge in [0.2, 0.25) is 5.95 Å². The van der Waals surface area contributed by atoms with E-state index in [0.717, 1.165) is 5.56 Å². The third-order valence-electron chi connectivity index (χ3n) is 2.03. The van der Waals surface area contributed by atoms with E-state index >= 15 is 0 Å². The van der Waals surface area contributed by atoms with Gasteiger partial charge < -0.3 is 11.2 Å². The first-order valence-corrected chi connectivity index (χ1v) is 4.56. The Balaban J connectivity index is 2.47. The summed E-state index contributed by atoms with van der Waals surface area (Å²) in [4.78, 5) is 7.88. The van der Waals surface area contributed by atoms with Gasteiger partial charge in [-0.3, -0.25) is 0 Å². The number of nitrogens with two attached hydrogens (primary N) is 2. The van der Waals surface area contributed by atoms with Crippen molar-refractivity contribution in [2.45, 2.75) is 0 Å². The maximum atomic E-state index is 12.7. The molecule has 0 saturated carbocycles. The number of nitrogen functional groups attached to an aromatic ring is 2. The highest BCUT2D eigenvalue weighted by Crippen LogP contribution is 2.20. The van der Waals surface area contributed by atoms with Crippen molar-refractivity contribution < 1.29 is 4.39 Å². The van der Waals surface area contributed by atoms with Gasteiger partial charge in [0.15, 0.2) is 0 Å². The number of anilines is 2. The zero-order chi connectivity index (χ0) is 11.5. The molecule has 0 fully saturated rings. The quantitative estimate of drug-likeness (QED) is 0.520. The van der Waals surface area contributed by atoms with E-state index in [-0.39, 0.29) is 11.8 Å². The lowest BCUT2D eigenvalue weighted by Gasteiger charge is -2.05. The van der Waals surface area contributed by atoms with Crippen LogP contribution in [0.2, 0.25) is 0 Å². The summed E-state index contributed by atoms with van der Waals surface area (Å²) in [6.07, 6.45) is 0. The second-order valence-corrected chi connectivity index (χ2v) is 3.15. The van der Waals surface area contributed by atoms with Gasteiger partial charge in [0.25, 0.3) is 0 Å². The normalized spacial score (nSPS) is 10.1. The van der Waals surface area contributed by atoms with E-state index in [9.17, 15) is 4.39 Å². The van der Waals surface area contributed by atoms with E-state index in [4.69, 9.17) is 11.6 Å². The smallest absolute Gasteiger partial charge is 0.222 e. The molecule has 16 heavy (non-hydrogen) atoms. The van der Waals surface area contributed by atoms with Crippen molar-refractivity contribution in [1.82, 2.24) is 9.97 Å². The number of hydrogen-bond donors (Lipinski definition) is 3. The zero-order valence-electron chi connectivity index (χ0n) is 8.31. The lowest BCUT2D eigenvalue weighted by molar-refractivity contribution is 0.628. The first-order valence-electron chi connectivity index (χ1n) is 4.56. The molecule has 0 aliphatic rings. The summed E-state index contributed by atoms with van der Waals surface area (Å²) in [7, 11) is 0. The second kappa shape index (κ2) is 4.11. The number of hydrogen-bond acceptors (Lipinski definition) is 5. The molecule has 0 radical (unpaired) electrons. The van der Waals surface area contributed by atoms with Gasteiger partial charge in [-0.1, -0.05) is 0 Å². The van der Waals surface area contributed by atoms with E-state index in [1.54, 1.807) is 18.2 Å². The van der Waals surface area contributed by atoms with Crippen LogP contribution in [-0.2, 0) is 0 Å². The Hall–Kier alpha value is -2.21. The molecule has 2 rings (SSSR count). The van der Waals surface area contributed by atoms with Gasteiger partial charge >= 0.3 is 0 Å². The highest BCUT2D eigenvalue weighted by atomic mass is 19.1. The lowest BCUT2D eigenvalue weighted by Crippen LogP contribution is -2.10. The number of aromatic nitrogens is 2. The van der Waals surface area contributed by atoms with Crippen molar-refractivity contribution in [2.75, 3.05) is 11.2 Å². The third kappa shape index (κ3) is 2.06. The minimum atomic E-state index is -0.303. The fourth-order valence-electron chi connectivity index (χ4n) is 1.31. The van der Waals surface area contributed by atoms with Crippen LogP contribution in [0.1, 0.15) is 0 Å². The Kier molecular flexibility index (Phi) is 2.65. The second-order valence-electron chi connectivity index (χ2n) is 3.15. The summed E-state index contributed by atoms with van der Waals surface area (Å²) in [5.74, 6) is 5.45. The Bertz CT molecular complexity index is 497. The topological polar surface area (TPSA) is 89.8 Å². The first kappa shape index (κ1) is 10.3. The molecule has 0 bridgehead atoms. The Morgan fingerprint density at radius 2 is 1.81 bits per heavy atom. The van der Waals surface area contributed by atoms with Gasteiger partial charge in [0, 0.05) is 11.6 Å². The molecule has 1 aromatic heterocycles. The van der Waals surface area contributed by atoms with Crippen LogP contribution in [-0.4, -0.2) is 9.97 Å². The van der Waals surface area contributed by atoms with Crippen LogP contribution in [0, 0.1) is 5.82 Å². The van der Waals surface area contributed by atoms with Crippen LogP contribution in [0.15, 0.2) is 30.3 Å². The Morgan fingerprint density at radius 1 is 1.12 bits per heavy atom. The Labute approximate surface area is 91.3 Å². The number of halogens is 1. The molecule has 0 unspecified atom stereocenters. The van der Waals surface area contributed by atoms with E-state index < -0.39 is 0 Å². The minimum absolute atomic E-state index is 0.106. The first-order chi connectivity index (χ1) is 7.69. The summed E-state index contributed by atoms with van der Waals surface area (Å²) < 4.78 is 12.7. The fraction of sp³-hybridized carbons (Fsp3) is 0. The molecule has 0 aliphatic carbocycles. The number of hydrazine groups is 1. The average Bonchev–Trinajstić information content (AvgIpc) is 2.29. The number of nitrogens with one attached hydrogen (secondary N) is 1. The Morgan fingerprint density at radius 3 is 2.44 bits per heavy atom. The van der Waals surface area contributed by atoms with Crippen molar-refractivity contribution in [2.24, 2.45) is 5.84 Å². The molecule has 5 nitrogen and oxygen atoms in total. The molecule has 1 heterocycles. The van der Waals surface area contributed by atoms with Gasteiger partial charge in [0.05, 0.1) is 5.69 Å². The molecular formula is C10H10FN5. The number of nitrogens with zero attached hydrogens (tertiary/aromatic N) is 2. The van der Waals surface area contributed by atoms with Crippen LogP contribution in [0.3, 0.4) is 0 Å². The largest absolute Gasteiger partial charge is 0.368 e. The highest BCUT2D eigenvalue weighted by Gasteiger charge is 2.04. The van der Waals surface area contributed by atoms with E-state index in [1.807, 2.05) is 0 Å². The molecule has 0 spiro atoms. The maximum Gasteiger partial charge on any atom is 0.222 e. The molecule has 0 amide bonds. The highest BCUT2D eigenvalue weighted by molar-refractivity contribution is 5.63. The average molecular weight is 219 g/mol. The van der Waals surface area contributed by atoms with E-state index in [0.29, 0.717) is 11.5 Å². The molecule has 1 aromatic carbocycles. The van der Waals surface area contributed by atoms with Crippen LogP contribution in [0.4, 0.5) is 16.2 Å². The van der Waals surface area contributed by atoms with Crippen molar-refractivity contribution >= 4 is 11.8 Å². The van der Waals surface area contributed by atoms with Gasteiger partial charge in [-0.05, 0) is 24.3 Å². The predicted octanol–water partition coefficient (Wildman–Crippen LogP) is 1.15. The van der Waals surface area contributed by atoms with Crippen LogP contribution in [0.25, 0.3) is 11.3 Å². The van der Waals surface area contributed by atoms with E-state index in [2.05, 4.69) is 15.4 Å². The number of benzene rings is 1. The monoisotopic (exact) mass is 219 g/mol. The lowest BCUT2D eigenvalue weighted by atomic mass is 10.1. The summed E-state index contributed by atoms with van der Waals surface area (Å²) in [6.45, 7) is 0. The van der Waals surface area contributed by atoms with Gasteiger partial charge in [-0.15, -0.1) is 0 Å². The van der Waals surface area contributed by atoms with Gasteiger partial charge in [0.1, 0.15) is 11.6 Å². The summed E-state index contributed by atoms with van der Waals surface area (Å²) in [5, 5.41) is 0. The van der Waals surface area contributed by atoms with Crippen LogP contribution < -0.4 is 17.0 Å². The molecule has 6 heteroatoms. The van der Waals surface area contributed by atoms with Crippen molar-refractivity contribution in [3.63, 3.8) is 0 Å². The summed E-state index contributed by atoms with van der Waals surface area (Å²) in [5.41, 5.74) is 9.22. The zero-order valence-corrected chi connectivity index (χ0v) is 8.31. The summed E-state index contributed by atoms with van der Waals surface area (Å²) in [6, 6.07) is 7.55. The molecular weight excluding hydrogens is 209 g/mol. The molecule has 82 valence electrons. The fourth-order valence-corrected chi connectivity index (χ4v) is 1.31. The molecule has 2 aromatic rings. The molecule has 5 N–H and O–H groups in total. The third-order valence-corrected chi connectivity index (χ3v) is 2.03. The SMILES string of the molecule is NNc1cc(-c2ccc(F)cc2)nc(N)n1. The molecule has 0 atom stereocenters. The van der Waals surface area contributed by atoms with Gasteiger partial charge in [-0.25, -0.2) is 15.2 Å². The van der Waals surface area contributed by atoms with Crippen molar-refractivity contribution in [1.29, 1.82) is 0 Å². The maximum absolute atomic E-state index is 12.7. The molecule has 0 aliphatic heterocycles. The van der Waals surface area contributed by atoms with Crippen molar-refractivity contribution in [3.05, 3.63) is 36.1 Å². The predicted molar refractivity (Wildman–Crippen MR) is 59.6 cm³/mol.